The zero-order valence-corrected chi connectivity index (χ0v) is 12.3. The molecule has 0 heterocycles. The first-order valence-electron chi connectivity index (χ1n) is 7.03. The van der Waals surface area contributed by atoms with Crippen LogP contribution >= 0.6 is 0 Å². The Labute approximate surface area is 123 Å². The summed E-state index contributed by atoms with van der Waals surface area (Å²) in [6.07, 6.45) is 3.39. The van der Waals surface area contributed by atoms with E-state index in [0.29, 0.717) is 5.75 Å². The first kappa shape index (κ1) is 15.6. The maximum Gasteiger partial charge on any atom is 0.254 e. The number of benzene rings is 1. The summed E-state index contributed by atoms with van der Waals surface area (Å²) in [4.78, 5) is 12.2. The Morgan fingerprint density at radius 2 is 1.76 bits per heavy atom. The second-order valence-corrected chi connectivity index (χ2v) is 5.27. The number of carbonyl (C=O) groups excluding carboxylic acids is 1. The molecular weight excluding hydrogens is 275 g/mol. The van der Waals surface area contributed by atoms with Gasteiger partial charge in [0, 0.05) is 18.2 Å². The third kappa shape index (κ3) is 3.64. The smallest absolute Gasteiger partial charge is 0.254 e. The van der Waals surface area contributed by atoms with Gasteiger partial charge in [-0.1, -0.05) is 0 Å². The van der Waals surface area contributed by atoms with E-state index in [4.69, 9.17) is 15.2 Å². The van der Waals surface area contributed by atoms with Crippen molar-refractivity contribution in [3.05, 3.63) is 23.5 Å². The lowest BCUT2D eigenvalue weighted by Crippen LogP contribution is -2.40. The molecule has 0 bridgehead atoms. The van der Waals surface area contributed by atoms with E-state index in [1.807, 2.05) is 0 Å². The van der Waals surface area contributed by atoms with Crippen molar-refractivity contribution in [1.29, 1.82) is 0 Å². The lowest BCUT2D eigenvalue weighted by Gasteiger charge is -2.26. The molecule has 1 aromatic carbocycles. The van der Waals surface area contributed by atoms with Gasteiger partial charge in [0.25, 0.3) is 5.91 Å². The summed E-state index contributed by atoms with van der Waals surface area (Å²) in [6, 6.07) is 2.77. The fraction of sp³-hybridized carbons (Fsp3) is 0.533. The highest BCUT2D eigenvalue weighted by atomic mass is 19.1. The van der Waals surface area contributed by atoms with Gasteiger partial charge < -0.3 is 20.5 Å². The van der Waals surface area contributed by atoms with Crippen LogP contribution in [-0.4, -0.2) is 32.2 Å². The number of amides is 1. The van der Waals surface area contributed by atoms with Crippen molar-refractivity contribution in [2.24, 2.45) is 5.73 Å². The van der Waals surface area contributed by atoms with E-state index in [0.717, 1.165) is 31.7 Å². The van der Waals surface area contributed by atoms with E-state index in [1.165, 1.54) is 20.3 Å². The monoisotopic (exact) mass is 296 g/mol. The van der Waals surface area contributed by atoms with Crippen LogP contribution in [0.15, 0.2) is 12.1 Å². The summed E-state index contributed by atoms with van der Waals surface area (Å²) in [5, 5.41) is 2.85. The average molecular weight is 296 g/mol. The molecule has 1 aliphatic rings. The third-order valence-corrected chi connectivity index (χ3v) is 3.82. The Balaban J connectivity index is 2.11. The molecule has 6 heteroatoms. The van der Waals surface area contributed by atoms with Crippen molar-refractivity contribution >= 4 is 5.91 Å². The summed E-state index contributed by atoms with van der Waals surface area (Å²) >= 11 is 0. The highest BCUT2D eigenvalue weighted by Gasteiger charge is 2.23. The third-order valence-electron chi connectivity index (χ3n) is 3.82. The maximum absolute atomic E-state index is 14.0. The van der Waals surface area contributed by atoms with Gasteiger partial charge >= 0.3 is 0 Å². The largest absolute Gasteiger partial charge is 0.493 e. The van der Waals surface area contributed by atoms with Gasteiger partial charge in [-0.3, -0.25) is 4.79 Å². The van der Waals surface area contributed by atoms with Crippen molar-refractivity contribution in [1.82, 2.24) is 5.32 Å². The van der Waals surface area contributed by atoms with E-state index in [9.17, 15) is 9.18 Å². The van der Waals surface area contributed by atoms with E-state index in [-0.39, 0.29) is 23.4 Å². The number of rotatable bonds is 4. The Kier molecular flexibility index (Phi) is 5.01. The molecule has 0 radical (unpaired) electrons. The first-order chi connectivity index (χ1) is 10.0. The molecule has 0 aromatic heterocycles. The minimum atomic E-state index is -0.627. The van der Waals surface area contributed by atoms with Crippen LogP contribution in [0.1, 0.15) is 36.0 Å². The molecule has 0 atom stereocenters. The van der Waals surface area contributed by atoms with Crippen molar-refractivity contribution in [2.75, 3.05) is 14.2 Å². The van der Waals surface area contributed by atoms with Gasteiger partial charge in [-0.25, -0.2) is 4.39 Å². The molecule has 1 aliphatic carbocycles. The van der Waals surface area contributed by atoms with Crippen LogP contribution < -0.4 is 20.5 Å². The second kappa shape index (κ2) is 6.76. The number of hydrogen-bond acceptors (Lipinski definition) is 4. The number of ether oxygens (including phenoxy) is 2. The van der Waals surface area contributed by atoms with E-state index >= 15 is 0 Å². The van der Waals surface area contributed by atoms with Crippen molar-refractivity contribution in [2.45, 2.75) is 37.8 Å². The molecule has 5 nitrogen and oxygen atoms in total. The average Bonchev–Trinajstić information content (AvgIpc) is 2.49. The highest BCUT2D eigenvalue weighted by molar-refractivity contribution is 5.95. The number of methoxy groups -OCH3 is 2. The summed E-state index contributed by atoms with van der Waals surface area (Å²) in [7, 11) is 2.86. The Hall–Kier alpha value is -1.82. The van der Waals surface area contributed by atoms with E-state index < -0.39 is 11.7 Å². The van der Waals surface area contributed by atoms with Gasteiger partial charge in [0.15, 0.2) is 11.5 Å². The van der Waals surface area contributed by atoms with Crippen LogP contribution in [0, 0.1) is 5.82 Å². The minimum Gasteiger partial charge on any atom is -0.493 e. The van der Waals surface area contributed by atoms with Crippen LogP contribution in [0.5, 0.6) is 11.5 Å². The van der Waals surface area contributed by atoms with Gasteiger partial charge in [-0.15, -0.1) is 0 Å². The molecule has 1 fully saturated rings. The molecule has 0 saturated heterocycles. The molecule has 21 heavy (non-hydrogen) atoms. The molecule has 1 saturated carbocycles. The molecule has 0 spiro atoms. The van der Waals surface area contributed by atoms with Crippen LogP contribution in [0.3, 0.4) is 0 Å². The second-order valence-electron chi connectivity index (χ2n) is 5.27. The fourth-order valence-electron chi connectivity index (χ4n) is 2.55. The minimum absolute atomic E-state index is 0.0393. The van der Waals surface area contributed by atoms with Crippen LogP contribution in [-0.2, 0) is 0 Å². The fourth-order valence-corrected chi connectivity index (χ4v) is 2.55. The molecule has 1 aromatic rings. The van der Waals surface area contributed by atoms with Crippen molar-refractivity contribution in [3.8, 4) is 11.5 Å². The SMILES string of the molecule is COc1cc(F)c(C(=O)NC2CCC(N)CC2)cc1OC. The zero-order valence-electron chi connectivity index (χ0n) is 12.3. The van der Waals surface area contributed by atoms with Gasteiger partial charge in [0.1, 0.15) is 5.82 Å². The topological polar surface area (TPSA) is 73.6 Å². The molecule has 1 amide bonds. The summed E-state index contributed by atoms with van der Waals surface area (Å²) in [5.41, 5.74) is 5.79. The van der Waals surface area contributed by atoms with Gasteiger partial charge in [-0.05, 0) is 31.7 Å². The Bertz CT molecular complexity index is 514. The zero-order chi connectivity index (χ0) is 15.4. The standard InChI is InChI=1S/C15H21FN2O3/c1-20-13-7-11(12(16)8-14(13)21-2)15(19)18-10-5-3-9(17)4-6-10/h7-10H,3-6,17H2,1-2H3,(H,18,19). The maximum atomic E-state index is 14.0. The van der Waals surface area contributed by atoms with Crippen LogP contribution in [0.4, 0.5) is 4.39 Å². The van der Waals surface area contributed by atoms with E-state index in [2.05, 4.69) is 5.32 Å². The number of halogens is 1. The van der Waals surface area contributed by atoms with Gasteiger partial charge in [0.2, 0.25) is 0 Å². The molecule has 0 aliphatic heterocycles. The normalized spacial score (nSPS) is 21.7. The molecular formula is C15H21FN2O3. The van der Waals surface area contributed by atoms with Gasteiger partial charge in [0.05, 0.1) is 19.8 Å². The lowest BCUT2D eigenvalue weighted by atomic mass is 9.91. The van der Waals surface area contributed by atoms with E-state index in [1.54, 1.807) is 0 Å². The Morgan fingerprint density at radius 3 is 2.33 bits per heavy atom. The molecule has 3 N–H and O–H groups in total. The van der Waals surface area contributed by atoms with Crippen LogP contribution in [0.25, 0.3) is 0 Å². The number of nitrogens with two attached hydrogens (primary N) is 1. The summed E-state index contributed by atoms with van der Waals surface area (Å²) < 4.78 is 24.1. The quantitative estimate of drug-likeness (QED) is 0.889. The number of hydrogen-bond donors (Lipinski definition) is 2. The lowest BCUT2D eigenvalue weighted by molar-refractivity contribution is 0.0921. The predicted octanol–water partition coefficient (Wildman–Crippen LogP) is 1.84. The predicted molar refractivity (Wildman–Crippen MR) is 77.2 cm³/mol. The van der Waals surface area contributed by atoms with Gasteiger partial charge in [-0.2, -0.15) is 0 Å². The van der Waals surface area contributed by atoms with Crippen molar-refractivity contribution < 1.29 is 18.7 Å². The molecule has 116 valence electrons. The first-order valence-corrected chi connectivity index (χ1v) is 7.03. The molecule has 2 rings (SSSR count). The van der Waals surface area contributed by atoms with Crippen molar-refractivity contribution in [3.63, 3.8) is 0 Å². The molecule has 0 unspecified atom stereocenters. The number of nitrogens with one attached hydrogen (secondary N) is 1. The number of carbonyl (C=O) groups is 1. The summed E-state index contributed by atoms with van der Waals surface area (Å²) in [6.45, 7) is 0. The highest BCUT2D eigenvalue weighted by Crippen LogP contribution is 2.30. The van der Waals surface area contributed by atoms with Crippen LogP contribution in [0.2, 0.25) is 0 Å². The Morgan fingerprint density at radius 1 is 1.19 bits per heavy atom. The summed E-state index contributed by atoms with van der Waals surface area (Å²) in [5.74, 6) is -0.475.